The van der Waals surface area contributed by atoms with Crippen LogP contribution in [0.2, 0.25) is 0 Å². The second-order valence-corrected chi connectivity index (χ2v) is 6.03. The van der Waals surface area contributed by atoms with Crippen molar-refractivity contribution in [3.63, 3.8) is 0 Å². The van der Waals surface area contributed by atoms with Crippen LogP contribution < -0.4 is 19.5 Å². The van der Waals surface area contributed by atoms with Gasteiger partial charge in [-0.25, -0.2) is 0 Å². The van der Waals surface area contributed by atoms with E-state index in [0.717, 1.165) is 12.1 Å². The Balaban J connectivity index is 2.23. The maximum atomic E-state index is 13.1. The zero-order valence-corrected chi connectivity index (χ0v) is 14.9. The van der Waals surface area contributed by atoms with Gasteiger partial charge >= 0.3 is 6.18 Å². The number of carbonyl (C=O) groups is 1. The molecule has 27 heavy (non-hydrogen) atoms. The van der Waals surface area contributed by atoms with E-state index in [1.807, 2.05) is 0 Å². The van der Waals surface area contributed by atoms with Gasteiger partial charge in [-0.3, -0.25) is 4.79 Å². The van der Waals surface area contributed by atoms with Gasteiger partial charge in [0.05, 0.1) is 32.6 Å². The lowest BCUT2D eigenvalue weighted by Crippen LogP contribution is -2.24. The van der Waals surface area contributed by atoms with E-state index in [0.29, 0.717) is 34.1 Å². The summed E-state index contributed by atoms with van der Waals surface area (Å²) >= 11 is 0. The summed E-state index contributed by atoms with van der Waals surface area (Å²) in [5.41, 5.74) is 0.565. The van der Waals surface area contributed by atoms with Crippen molar-refractivity contribution in [2.75, 3.05) is 26.6 Å². The number of hydrogen-bond acceptors (Lipinski definition) is 4. The van der Waals surface area contributed by atoms with Crippen molar-refractivity contribution in [2.24, 2.45) is 0 Å². The van der Waals surface area contributed by atoms with Crippen molar-refractivity contribution in [3.05, 3.63) is 47.0 Å². The minimum atomic E-state index is -4.47. The molecule has 8 heteroatoms. The molecule has 0 unspecified atom stereocenters. The predicted molar refractivity (Wildman–Crippen MR) is 92.6 cm³/mol. The van der Waals surface area contributed by atoms with Crippen LogP contribution >= 0.6 is 0 Å². The van der Waals surface area contributed by atoms with Gasteiger partial charge in [0, 0.05) is 24.0 Å². The van der Waals surface area contributed by atoms with Gasteiger partial charge in [0.1, 0.15) is 0 Å². The fraction of sp³-hybridized carbons (Fsp3) is 0.316. The first-order valence-electron chi connectivity index (χ1n) is 8.10. The molecule has 0 radical (unpaired) electrons. The molecule has 1 N–H and O–H groups in total. The van der Waals surface area contributed by atoms with Crippen molar-refractivity contribution < 1.29 is 32.2 Å². The summed E-state index contributed by atoms with van der Waals surface area (Å²) in [7, 11) is 4.31. The third kappa shape index (κ3) is 3.39. The molecule has 2 aromatic carbocycles. The Bertz CT molecular complexity index is 880. The second-order valence-electron chi connectivity index (χ2n) is 6.03. The van der Waals surface area contributed by atoms with E-state index in [1.165, 1.54) is 27.4 Å². The minimum Gasteiger partial charge on any atom is -0.493 e. The molecule has 0 spiro atoms. The van der Waals surface area contributed by atoms with Crippen LogP contribution in [0.3, 0.4) is 0 Å². The lowest BCUT2D eigenvalue weighted by Gasteiger charge is -2.29. The number of ether oxygens (including phenoxy) is 3. The van der Waals surface area contributed by atoms with Crippen molar-refractivity contribution in [1.29, 1.82) is 0 Å². The molecular formula is C19H18F3NO4. The molecule has 1 atom stereocenters. The number of fused-ring (bicyclic) bond motifs is 1. The molecule has 2 aromatic rings. The van der Waals surface area contributed by atoms with Gasteiger partial charge in [-0.15, -0.1) is 0 Å². The number of methoxy groups -OCH3 is 3. The Hall–Kier alpha value is -2.90. The van der Waals surface area contributed by atoms with E-state index >= 15 is 0 Å². The van der Waals surface area contributed by atoms with Gasteiger partial charge in [-0.1, -0.05) is 18.2 Å². The van der Waals surface area contributed by atoms with Gasteiger partial charge in [-0.2, -0.15) is 13.2 Å². The number of anilines is 1. The molecule has 0 saturated carbocycles. The number of carbonyl (C=O) groups excluding carboxylic acids is 1. The van der Waals surface area contributed by atoms with Crippen LogP contribution in [0.1, 0.15) is 29.0 Å². The molecule has 1 amide bonds. The lowest BCUT2D eigenvalue weighted by atomic mass is 9.83. The molecule has 1 aliphatic rings. The zero-order chi connectivity index (χ0) is 19.8. The number of alkyl halides is 3. The molecule has 1 heterocycles. The summed E-state index contributed by atoms with van der Waals surface area (Å²) in [6, 6.07) is 6.53. The monoisotopic (exact) mass is 381 g/mol. The fourth-order valence-electron chi connectivity index (χ4n) is 3.33. The van der Waals surface area contributed by atoms with Gasteiger partial charge in [0.15, 0.2) is 11.5 Å². The van der Waals surface area contributed by atoms with Gasteiger partial charge in [-0.05, 0) is 11.6 Å². The minimum absolute atomic E-state index is 0.0137. The number of amides is 1. The third-order valence-electron chi connectivity index (χ3n) is 4.50. The molecule has 5 nitrogen and oxygen atoms in total. The molecule has 3 rings (SSSR count). The van der Waals surface area contributed by atoms with Crippen LogP contribution in [0.25, 0.3) is 0 Å². The smallest absolute Gasteiger partial charge is 0.416 e. The Morgan fingerprint density at radius 3 is 2.33 bits per heavy atom. The zero-order valence-electron chi connectivity index (χ0n) is 14.9. The van der Waals surface area contributed by atoms with Crippen LogP contribution in [0, 0.1) is 0 Å². The lowest BCUT2D eigenvalue weighted by molar-refractivity contribution is -0.137. The Morgan fingerprint density at radius 2 is 1.74 bits per heavy atom. The maximum Gasteiger partial charge on any atom is 0.416 e. The van der Waals surface area contributed by atoms with E-state index in [4.69, 9.17) is 14.2 Å². The molecule has 0 aliphatic carbocycles. The maximum absolute atomic E-state index is 13.1. The number of benzene rings is 2. The summed E-state index contributed by atoms with van der Waals surface area (Å²) in [5, 5.41) is 2.73. The predicted octanol–water partition coefficient (Wildman–Crippen LogP) is 4.21. The summed E-state index contributed by atoms with van der Waals surface area (Å²) in [6.07, 6.45) is -4.49. The Morgan fingerprint density at radius 1 is 1.04 bits per heavy atom. The summed E-state index contributed by atoms with van der Waals surface area (Å²) < 4.78 is 55.5. The van der Waals surface area contributed by atoms with Gasteiger partial charge in [0.25, 0.3) is 0 Å². The standard InChI is InChI=1S/C19H18F3NO4/c1-25-14-9-13-16(18(27-3)17(14)26-2)12(8-15(24)23-13)10-5-4-6-11(7-10)19(20,21)22/h4-7,9,12H,8H2,1-3H3,(H,23,24)/t12-/m0/s1. The van der Waals surface area contributed by atoms with Gasteiger partial charge < -0.3 is 19.5 Å². The van der Waals surface area contributed by atoms with E-state index in [-0.39, 0.29) is 12.3 Å². The first-order valence-corrected chi connectivity index (χ1v) is 8.10. The topological polar surface area (TPSA) is 56.8 Å². The summed E-state index contributed by atoms with van der Waals surface area (Å²) in [6.45, 7) is 0. The normalized spacial score (nSPS) is 16.4. The first kappa shape index (κ1) is 18.9. The van der Waals surface area contributed by atoms with Gasteiger partial charge in [0.2, 0.25) is 11.7 Å². The third-order valence-corrected chi connectivity index (χ3v) is 4.50. The van der Waals surface area contributed by atoms with Crippen LogP contribution in [0.5, 0.6) is 17.2 Å². The Labute approximate surface area is 154 Å². The van der Waals surface area contributed by atoms with Crippen LogP contribution in [-0.4, -0.2) is 27.2 Å². The van der Waals surface area contributed by atoms with Crippen LogP contribution in [0.4, 0.5) is 18.9 Å². The Kier molecular flexibility index (Phi) is 4.91. The van der Waals surface area contributed by atoms with Crippen molar-refractivity contribution in [3.8, 4) is 17.2 Å². The molecule has 0 saturated heterocycles. The molecule has 0 fully saturated rings. The SMILES string of the molecule is COc1cc2c(c(OC)c1OC)[C@H](c1cccc(C(F)(F)F)c1)CC(=O)N2. The number of nitrogens with one attached hydrogen (secondary N) is 1. The number of rotatable bonds is 4. The highest BCUT2D eigenvalue weighted by atomic mass is 19.4. The first-order chi connectivity index (χ1) is 12.8. The summed E-state index contributed by atoms with van der Waals surface area (Å²) in [5.74, 6) is 0.0456. The largest absolute Gasteiger partial charge is 0.493 e. The average Bonchev–Trinajstić information content (AvgIpc) is 2.64. The highest BCUT2D eigenvalue weighted by Gasteiger charge is 2.35. The molecule has 1 aliphatic heterocycles. The highest BCUT2D eigenvalue weighted by molar-refractivity contribution is 5.97. The molecule has 0 aromatic heterocycles. The number of hydrogen-bond donors (Lipinski definition) is 1. The quantitative estimate of drug-likeness (QED) is 0.862. The summed E-state index contributed by atoms with van der Waals surface area (Å²) in [4.78, 5) is 12.2. The van der Waals surface area contributed by atoms with E-state index < -0.39 is 17.7 Å². The van der Waals surface area contributed by atoms with E-state index in [9.17, 15) is 18.0 Å². The van der Waals surface area contributed by atoms with Crippen molar-refractivity contribution >= 4 is 11.6 Å². The van der Waals surface area contributed by atoms with Crippen LogP contribution in [0.15, 0.2) is 30.3 Å². The molecule has 144 valence electrons. The molecular weight excluding hydrogens is 363 g/mol. The molecule has 0 bridgehead atoms. The van der Waals surface area contributed by atoms with Crippen molar-refractivity contribution in [1.82, 2.24) is 0 Å². The number of halogens is 3. The van der Waals surface area contributed by atoms with Crippen LogP contribution in [-0.2, 0) is 11.0 Å². The van der Waals surface area contributed by atoms with E-state index in [2.05, 4.69) is 5.32 Å². The highest BCUT2D eigenvalue weighted by Crippen LogP contribution is 2.51. The van der Waals surface area contributed by atoms with E-state index in [1.54, 1.807) is 12.1 Å². The van der Waals surface area contributed by atoms with Crippen molar-refractivity contribution in [2.45, 2.75) is 18.5 Å². The second kappa shape index (κ2) is 7.02. The fourth-order valence-corrected chi connectivity index (χ4v) is 3.33. The average molecular weight is 381 g/mol.